The minimum atomic E-state index is 0.625. The number of hydrogen-bond donors (Lipinski definition) is 1. The topological polar surface area (TPSA) is 53.9 Å². The van der Waals surface area contributed by atoms with Gasteiger partial charge in [-0.1, -0.05) is 37.6 Å². The van der Waals surface area contributed by atoms with Crippen LogP contribution in [0.1, 0.15) is 30.9 Å². The Kier molecular flexibility index (Phi) is 4.28. The summed E-state index contributed by atoms with van der Waals surface area (Å²) < 4.78 is 0. The van der Waals surface area contributed by atoms with Crippen molar-refractivity contribution < 1.29 is 0 Å². The van der Waals surface area contributed by atoms with Crippen LogP contribution in [-0.2, 0) is 13.0 Å². The molecule has 0 unspecified atom stereocenters. The van der Waals surface area contributed by atoms with Crippen LogP contribution in [0.25, 0.3) is 0 Å². The highest BCUT2D eigenvalue weighted by molar-refractivity contribution is 5.44. The van der Waals surface area contributed by atoms with E-state index < -0.39 is 0 Å². The number of nitrogens with zero attached hydrogens (tertiary/aromatic N) is 4. The van der Waals surface area contributed by atoms with E-state index in [0.29, 0.717) is 5.95 Å². The molecule has 0 spiro atoms. The van der Waals surface area contributed by atoms with E-state index in [0.717, 1.165) is 44.7 Å². The minimum absolute atomic E-state index is 0.625. The Morgan fingerprint density at radius 2 is 2.10 bits per heavy atom. The number of unbranched alkanes of at least 4 members (excludes halogenated alkanes) is 1. The van der Waals surface area contributed by atoms with Gasteiger partial charge in [0.1, 0.15) is 0 Å². The molecular weight excluding hydrogens is 262 g/mol. The van der Waals surface area contributed by atoms with Crippen molar-refractivity contribution in [1.29, 1.82) is 0 Å². The van der Waals surface area contributed by atoms with E-state index >= 15 is 0 Å². The lowest BCUT2D eigenvalue weighted by molar-refractivity contribution is 0.713. The van der Waals surface area contributed by atoms with E-state index in [-0.39, 0.29) is 0 Å². The molecule has 0 aliphatic carbocycles. The van der Waals surface area contributed by atoms with Crippen LogP contribution >= 0.6 is 0 Å². The average Bonchev–Trinajstić information content (AvgIpc) is 2.55. The van der Waals surface area contributed by atoms with Gasteiger partial charge in [0.15, 0.2) is 5.82 Å². The van der Waals surface area contributed by atoms with Crippen molar-refractivity contribution in [2.24, 2.45) is 0 Å². The summed E-state index contributed by atoms with van der Waals surface area (Å²) in [7, 11) is 0. The van der Waals surface area contributed by atoms with Crippen LogP contribution in [0.2, 0.25) is 0 Å². The first-order valence-corrected chi connectivity index (χ1v) is 7.62. The van der Waals surface area contributed by atoms with Crippen LogP contribution in [0.3, 0.4) is 0 Å². The first kappa shape index (κ1) is 13.8. The van der Waals surface area contributed by atoms with Crippen LogP contribution in [0.15, 0.2) is 30.5 Å². The minimum Gasteiger partial charge on any atom is -0.353 e. The number of hydrogen-bond acceptors (Lipinski definition) is 5. The average molecular weight is 283 g/mol. The van der Waals surface area contributed by atoms with Gasteiger partial charge in [-0.3, -0.25) is 0 Å². The van der Waals surface area contributed by atoms with Gasteiger partial charge in [-0.25, -0.2) is 0 Å². The number of benzene rings is 1. The largest absolute Gasteiger partial charge is 0.353 e. The molecule has 0 bridgehead atoms. The summed E-state index contributed by atoms with van der Waals surface area (Å²) in [6.45, 7) is 4.93. The molecule has 0 atom stereocenters. The third-order valence-electron chi connectivity index (χ3n) is 3.81. The van der Waals surface area contributed by atoms with Crippen molar-refractivity contribution >= 4 is 11.8 Å². The zero-order valence-electron chi connectivity index (χ0n) is 12.4. The Balaban J connectivity index is 1.71. The van der Waals surface area contributed by atoms with Gasteiger partial charge >= 0.3 is 0 Å². The Hall–Kier alpha value is -2.17. The SMILES string of the molecule is CCCCNc1nncc(N2CCc3ccccc3C2)n1. The summed E-state index contributed by atoms with van der Waals surface area (Å²) in [6.07, 6.45) is 5.07. The molecule has 5 nitrogen and oxygen atoms in total. The monoisotopic (exact) mass is 283 g/mol. The second kappa shape index (κ2) is 6.52. The molecule has 110 valence electrons. The fourth-order valence-electron chi connectivity index (χ4n) is 2.59. The highest BCUT2D eigenvalue weighted by atomic mass is 15.3. The normalized spacial score (nSPS) is 13.9. The maximum Gasteiger partial charge on any atom is 0.244 e. The smallest absolute Gasteiger partial charge is 0.244 e. The summed E-state index contributed by atoms with van der Waals surface area (Å²) >= 11 is 0. The lowest BCUT2D eigenvalue weighted by atomic mass is 10.0. The fourth-order valence-corrected chi connectivity index (χ4v) is 2.59. The van der Waals surface area contributed by atoms with Crippen LogP contribution in [0, 0.1) is 0 Å². The van der Waals surface area contributed by atoms with Crippen LogP contribution in [-0.4, -0.2) is 28.3 Å². The van der Waals surface area contributed by atoms with Crippen molar-refractivity contribution in [3.05, 3.63) is 41.6 Å². The Morgan fingerprint density at radius 3 is 2.95 bits per heavy atom. The molecule has 1 aliphatic rings. The zero-order chi connectivity index (χ0) is 14.5. The van der Waals surface area contributed by atoms with Crippen LogP contribution < -0.4 is 10.2 Å². The van der Waals surface area contributed by atoms with Crippen molar-refractivity contribution in [1.82, 2.24) is 15.2 Å². The highest BCUT2D eigenvalue weighted by Crippen LogP contribution is 2.22. The summed E-state index contributed by atoms with van der Waals surface area (Å²) in [5.41, 5.74) is 2.82. The second-order valence-electron chi connectivity index (χ2n) is 5.36. The standard InChI is InChI=1S/C16H21N5/c1-2-3-9-17-16-19-15(11-18-20-16)21-10-8-13-6-4-5-7-14(13)12-21/h4-7,11H,2-3,8-10,12H2,1H3,(H,17,19,20). The number of aromatic nitrogens is 3. The maximum absolute atomic E-state index is 4.58. The number of rotatable bonds is 5. The summed E-state index contributed by atoms with van der Waals surface area (Å²) in [6, 6.07) is 8.61. The van der Waals surface area contributed by atoms with Gasteiger partial charge in [0.05, 0.1) is 6.20 Å². The fraction of sp³-hybridized carbons (Fsp3) is 0.438. The van der Waals surface area contributed by atoms with E-state index in [1.807, 2.05) is 0 Å². The third kappa shape index (κ3) is 3.29. The molecule has 2 heterocycles. The van der Waals surface area contributed by atoms with Crippen LogP contribution in [0.5, 0.6) is 0 Å². The van der Waals surface area contributed by atoms with E-state index in [9.17, 15) is 0 Å². The predicted octanol–water partition coefficient (Wildman–Crippen LogP) is 2.65. The molecule has 1 aliphatic heterocycles. The number of anilines is 2. The molecule has 1 N–H and O–H groups in total. The number of nitrogens with one attached hydrogen (secondary N) is 1. The molecular formula is C16H21N5. The highest BCUT2D eigenvalue weighted by Gasteiger charge is 2.17. The summed E-state index contributed by atoms with van der Waals surface area (Å²) in [5, 5.41) is 11.4. The van der Waals surface area contributed by atoms with E-state index in [1.54, 1.807) is 6.20 Å². The lowest BCUT2D eigenvalue weighted by Gasteiger charge is -2.29. The Bertz CT molecular complexity index is 599. The predicted molar refractivity (Wildman–Crippen MR) is 84.4 cm³/mol. The van der Waals surface area contributed by atoms with Crippen LogP contribution in [0.4, 0.5) is 11.8 Å². The third-order valence-corrected chi connectivity index (χ3v) is 3.81. The first-order chi connectivity index (χ1) is 10.4. The van der Waals surface area contributed by atoms with Crippen molar-refractivity contribution in [2.75, 3.05) is 23.3 Å². The molecule has 1 aromatic carbocycles. The molecule has 3 rings (SSSR count). The van der Waals surface area contributed by atoms with Gasteiger partial charge in [-0.2, -0.15) is 10.1 Å². The van der Waals surface area contributed by atoms with Gasteiger partial charge in [0.25, 0.3) is 0 Å². The van der Waals surface area contributed by atoms with Crippen molar-refractivity contribution in [3.63, 3.8) is 0 Å². The summed E-state index contributed by atoms with van der Waals surface area (Å²) in [5.74, 6) is 1.53. The van der Waals surface area contributed by atoms with Gasteiger partial charge in [-0.15, -0.1) is 5.10 Å². The van der Waals surface area contributed by atoms with Gasteiger partial charge in [-0.05, 0) is 24.0 Å². The van der Waals surface area contributed by atoms with Gasteiger partial charge < -0.3 is 10.2 Å². The molecule has 21 heavy (non-hydrogen) atoms. The van der Waals surface area contributed by atoms with Crippen molar-refractivity contribution in [3.8, 4) is 0 Å². The second-order valence-corrected chi connectivity index (χ2v) is 5.36. The van der Waals surface area contributed by atoms with E-state index in [1.165, 1.54) is 11.1 Å². The van der Waals surface area contributed by atoms with Crippen molar-refractivity contribution in [2.45, 2.75) is 32.7 Å². The molecule has 0 saturated carbocycles. The molecule has 0 fully saturated rings. The number of fused-ring (bicyclic) bond motifs is 1. The molecule has 0 radical (unpaired) electrons. The quantitative estimate of drug-likeness (QED) is 0.855. The maximum atomic E-state index is 4.58. The van der Waals surface area contributed by atoms with E-state index in [2.05, 4.69) is 56.6 Å². The Morgan fingerprint density at radius 1 is 1.24 bits per heavy atom. The lowest BCUT2D eigenvalue weighted by Crippen LogP contribution is -2.31. The van der Waals surface area contributed by atoms with E-state index in [4.69, 9.17) is 0 Å². The molecule has 0 amide bonds. The van der Waals surface area contributed by atoms with Gasteiger partial charge in [0, 0.05) is 19.6 Å². The molecule has 5 heteroatoms. The molecule has 1 aromatic heterocycles. The zero-order valence-corrected chi connectivity index (χ0v) is 12.4. The summed E-state index contributed by atoms with van der Waals surface area (Å²) in [4.78, 5) is 6.85. The molecule has 0 saturated heterocycles. The van der Waals surface area contributed by atoms with Gasteiger partial charge in [0.2, 0.25) is 5.95 Å². The Labute approximate surface area is 125 Å². The molecule has 2 aromatic rings. The first-order valence-electron chi connectivity index (χ1n) is 7.62.